The molecule has 3 heterocycles. The highest BCUT2D eigenvalue weighted by Gasteiger charge is 2.32. The van der Waals surface area contributed by atoms with E-state index in [0.29, 0.717) is 50.5 Å². The predicted molar refractivity (Wildman–Crippen MR) is 160 cm³/mol. The molecule has 6 rings (SSSR count). The van der Waals surface area contributed by atoms with Crippen LogP contribution in [-0.4, -0.2) is 56.7 Å². The van der Waals surface area contributed by atoms with Crippen LogP contribution in [0.4, 0.5) is 19.0 Å². The third-order valence-electron chi connectivity index (χ3n) is 7.73. The van der Waals surface area contributed by atoms with Gasteiger partial charge >= 0.3 is 6.18 Å². The lowest BCUT2D eigenvalue weighted by atomic mass is 10.1. The Balaban J connectivity index is 1.34. The van der Waals surface area contributed by atoms with Gasteiger partial charge in [0, 0.05) is 38.2 Å². The largest absolute Gasteiger partial charge is 0.416 e. The number of aryl methyl sites for hydroxylation is 2. The van der Waals surface area contributed by atoms with E-state index in [4.69, 9.17) is 15.1 Å². The third-order valence-corrected chi connectivity index (χ3v) is 7.73. The lowest BCUT2D eigenvalue weighted by Crippen LogP contribution is -2.35. The van der Waals surface area contributed by atoms with Crippen molar-refractivity contribution in [3.05, 3.63) is 113 Å². The Morgan fingerprint density at radius 1 is 0.860 bits per heavy atom. The number of alkyl halides is 3. The standard InChI is InChI=1S/C33H31F3N6O/c1-22-12-14-24(15-13-22)20-28-37-30(29-23(2)39-42(31(29)38-28)27-10-4-3-5-11-27)40-16-7-17-41(19-18-40)32(43)25-8-6-9-26(21-25)33(34,35)36/h3-6,8-15,21H,7,16-20H2,1-2H3. The maximum Gasteiger partial charge on any atom is 0.416 e. The highest BCUT2D eigenvalue weighted by atomic mass is 19.4. The Bertz CT molecular complexity index is 1770. The van der Waals surface area contributed by atoms with Crippen LogP contribution >= 0.6 is 0 Å². The zero-order valence-corrected chi connectivity index (χ0v) is 24.0. The van der Waals surface area contributed by atoms with Gasteiger partial charge in [-0.1, -0.05) is 54.1 Å². The van der Waals surface area contributed by atoms with Crippen molar-refractivity contribution in [2.45, 2.75) is 32.9 Å². The van der Waals surface area contributed by atoms with E-state index in [9.17, 15) is 18.0 Å². The van der Waals surface area contributed by atoms with Gasteiger partial charge in [0.05, 0.1) is 22.3 Å². The first-order chi connectivity index (χ1) is 20.7. The molecule has 10 heteroatoms. The highest BCUT2D eigenvalue weighted by molar-refractivity contribution is 5.95. The molecule has 0 bridgehead atoms. The van der Waals surface area contributed by atoms with E-state index in [2.05, 4.69) is 29.2 Å². The number of halogens is 3. The van der Waals surface area contributed by atoms with Crippen molar-refractivity contribution in [3.8, 4) is 5.69 Å². The van der Waals surface area contributed by atoms with E-state index in [1.165, 1.54) is 17.7 Å². The number of rotatable bonds is 5. The molecule has 1 saturated heterocycles. The van der Waals surface area contributed by atoms with Gasteiger partial charge in [-0.05, 0) is 56.2 Å². The summed E-state index contributed by atoms with van der Waals surface area (Å²) in [5, 5.41) is 5.68. The van der Waals surface area contributed by atoms with Crippen molar-refractivity contribution in [2.24, 2.45) is 0 Å². The number of hydrogen-bond acceptors (Lipinski definition) is 5. The van der Waals surface area contributed by atoms with Crippen LogP contribution in [0.2, 0.25) is 0 Å². The molecule has 7 nitrogen and oxygen atoms in total. The van der Waals surface area contributed by atoms with Crippen molar-refractivity contribution in [1.82, 2.24) is 24.6 Å². The lowest BCUT2D eigenvalue weighted by molar-refractivity contribution is -0.137. The zero-order chi connectivity index (χ0) is 30.1. The van der Waals surface area contributed by atoms with E-state index in [0.717, 1.165) is 40.3 Å². The Kier molecular flexibility index (Phi) is 7.60. The number of nitrogens with zero attached hydrogens (tertiary/aromatic N) is 6. The topological polar surface area (TPSA) is 67.2 Å². The number of aromatic nitrogens is 4. The van der Waals surface area contributed by atoms with Crippen LogP contribution in [0.1, 0.15) is 45.0 Å². The summed E-state index contributed by atoms with van der Waals surface area (Å²) >= 11 is 0. The predicted octanol–water partition coefficient (Wildman–Crippen LogP) is 6.39. The van der Waals surface area contributed by atoms with E-state index in [1.54, 1.807) is 4.90 Å². The molecule has 1 amide bonds. The Hall–Kier alpha value is -4.73. The molecular formula is C33H31F3N6O. The smallest absolute Gasteiger partial charge is 0.354 e. The van der Waals surface area contributed by atoms with E-state index in [1.807, 2.05) is 48.9 Å². The molecule has 0 unspecified atom stereocenters. The summed E-state index contributed by atoms with van der Waals surface area (Å²) in [4.78, 5) is 27.1. The summed E-state index contributed by atoms with van der Waals surface area (Å²) in [6.07, 6.45) is -3.34. The second kappa shape index (κ2) is 11.5. The first-order valence-corrected chi connectivity index (χ1v) is 14.3. The van der Waals surface area contributed by atoms with Gasteiger partial charge in [0.15, 0.2) is 5.65 Å². The van der Waals surface area contributed by atoms with Gasteiger partial charge < -0.3 is 9.80 Å². The minimum absolute atomic E-state index is 0.0352. The summed E-state index contributed by atoms with van der Waals surface area (Å²) in [7, 11) is 0. The molecule has 220 valence electrons. The van der Waals surface area contributed by atoms with Crippen molar-refractivity contribution < 1.29 is 18.0 Å². The summed E-state index contributed by atoms with van der Waals surface area (Å²) in [6.45, 7) is 5.86. The van der Waals surface area contributed by atoms with Gasteiger partial charge in [-0.25, -0.2) is 14.6 Å². The number of benzene rings is 3. The van der Waals surface area contributed by atoms with Crippen molar-refractivity contribution in [3.63, 3.8) is 0 Å². The van der Waals surface area contributed by atoms with Crippen LogP contribution < -0.4 is 4.90 Å². The zero-order valence-electron chi connectivity index (χ0n) is 24.0. The molecule has 1 aliphatic heterocycles. The summed E-state index contributed by atoms with van der Waals surface area (Å²) in [6, 6.07) is 22.7. The lowest BCUT2D eigenvalue weighted by Gasteiger charge is -2.24. The van der Waals surface area contributed by atoms with Gasteiger partial charge in [0.25, 0.3) is 5.91 Å². The molecule has 0 spiro atoms. The molecule has 0 atom stereocenters. The fourth-order valence-corrected chi connectivity index (χ4v) is 5.49. The molecule has 0 aliphatic carbocycles. The van der Waals surface area contributed by atoms with Crippen LogP contribution in [0.25, 0.3) is 16.7 Å². The fraction of sp³-hybridized carbons (Fsp3) is 0.273. The molecule has 1 aliphatic rings. The van der Waals surface area contributed by atoms with Crippen molar-refractivity contribution in [2.75, 3.05) is 31.1 Å². The van der Waals surface area contributed by atoms with E-state index >= 15 is 0 Å². The maximum absolute atomic E-state index is 13.3. The fourth-order valence-electron chi connectivity index (χ4n) is 5.49. The number of anilines is 1. The average Bonchev–Trinajstić information content (AvgIpc) is 3.16. The van der Waals surface area contributed by atoms with Crippen molar-refractivity contribution >= 4 is 22.8 Å². The molecule has 0 saturated carbocycles. The molecular weight excluding hydrogens is 553 g/mol. The summed E-state index contributed by atoms with van der Waals surface area (Å²) in [5.41, 5.74) is 3.85. The molecule has 0 N–H and O–H groups in total. The van der Waals surface area contributed by atoms with Crippen LogP contribution in [0, 0.1) is 13.8 Å². The highest BCUT2D eigenvalue weighted by Crippen LogP contribution is 2.32. The van der Waals surface area contributed by atoms with Crippen LogP contribution in [0.3, 0.4) is 0 Å². The number of carbonyl (C=O) groups excluding carboxylic acids is 1. The minimum Gasteiger partial charge on any atom is -0.354 e. The third kappa shape index (κ3) is 5.95. The molecule has 0 radical (unpaired) electrons. The summed E-state index contributed by atoms with van der Waals surface area (Å²) in [5.74, 6) is 0.999. The SMILES string of the molecule is Cc1ccc(Cc2nc(N3CCCN(C(=O)c4cccc(C(F)(F)F)c4)CC3)c3c(C)nn(-c4ccccc4)c3n2)cc1. The Morgan fingerprint density at radius 3 is 2.37 bits per heavy atom. The first-order valence-electron chi connectivity index (χ1n) is 14.3. The molecule has 1 fully saturated rings. The average molecular weight is 585 g/mol. The van der Waals surface area contributed by atoms with Gasteiger partial charge in [0.1, 0.15) is 11.6 Å². The van der Waals surface area contributed by atoms with Crippen LogP contribution in [0.15, 0.2) is 78.9 Å². The number of fused-ring (bicyclic) bond motifs is 1. The molecule has 43 heavy (non-hydrogen) atoms. The molecule has 3 aromatic carbocycles. The van der Waals surface area contributed by atoms with Gasteiger partial charge in [0.2, 0.25) is 0 Å². The number of amides is 1. The second-order valence-electron chi connectivity index (χ2n) is 10.9. The Labute approximate surface area is 247 Å². The second-order valence-corrected chi connectivity index (χ2v) is 10.9. The quantitative estimate of drug-likeness (QED) is 0.239. The summed E-state index contributed by atoms with van der Waals surface area (Å²) < 4.78 is 41.7. The number of carbonyl (C=O) groups is 1. The first kappa shape index (κ1) is 28.4. The van der Waals surface area contributed by atoms with Gasteiger partial charge in [-0.3, -0.25) is 4.79 Å². The van der Waals surface area contributed by atoms with Gasteiger partial charge in [-0.15, -0.1) is 0 Å². The molecule has 5 aromatic rings. The van der Waals surface area contributed by atoms with E-state index in [-0.39, 0.29) is 5.56 Å². The number of hydrogen-bond donors (Lipinski definition) is 0. The normalized spacial score (nSPS) is 14.3. The van der Waals surface area contributed by atoms with Gasteiger partial charge in [-0.2, -0.15) is 18.3 Å². The van der Waals surface area contributed by atoms with Crippen LogP contribution in [-0.2, 0) is 12.6 Å². The van der Waals surface area contributed by atoms with Crippen LogP contribution in [0.5, 0.6) is 0 Å². The number of para-hydroxylation sites is 1. The molecule has 2 aromatic heterocycles. The van der Waals surface area contributed by atoms with Crippen molar-refractivity contribution in [1.29, 1.82) is 0 Å². The van der Waals surface area contributed by atoms with E-state index < -0.39 is 17.6 Å². The maximum atomic E-state index is 13.3. The Morgan fingerprint density at radius 2 is 1.63 bits per heavy atom. The minimum atomic E-state index is -4.51. The monoisotopic (exact) mass is 584 g/mol.